The molecule has 0 spiro atoms. The van der Waals surface area contributed by atoms with Crippen molar-refractivity contribution in [3.63, 3.8) is 0 Å². The molecule has 1 saturated heterocycles. The van der Waals surface area contributed by atoms with Gasteiger partial charge in [0.05, 0.1) is 12.2 Å². The number of carbonyl (C=O) groups excluding carboxylic acids is 1. The Kier molecular flexibility index (Phi) is 6.80. The Labute approximate surface area is 118 Å². The van der Waals surface area contributed by atoms with Crippen LogP contribution >= 0.6 is 0 Å². The molecule has 0 aromatic carbocycles. The highest BCUT2D eigenvalue weighted by molar-refractivity contribution is 5.84. The fraction of sp³-hybridized carbons (Fsp3) is 0.933. The maximum Gasteiger partial charge on any atom is 0.241 e. The van der Waals surface area contributed by atoms with Crippen LogP contribution in [0.4, 0.5) is 0 Å². The Hall–Kier alpha value is -0.610. The van der Waals surface area contributed by atoms with Gasteiger partial charge in [-0.05, 0) is 25.4 Å². The summed E-state index contributed by atoms with van der Waals surface area (Å²) in [5.41, 5.74) is 0. The quantitative estimate of drug-likeness (QED) is 0.731. The molecule has 1 aliphatic rings. The van der Waals surface area contributed by atoms with Crippen LogP contribution in [-0.2, 0) is 4.79 Å². The van der Waals surface area contributed by atoms with Crippen molar-refractivity contribution in [2.75, 3.05) is 26.2 Å². The zero-order chi connectivity index (χ0) is 14.4. The Morgan fingerprint density at radius 3 is 2.37 bits per heavy atom. The van der Waals surface area contributed by atoms with Crippen LogP contribution in [0.1, 0.15) is 47.5 Å². The highest BCUT2D eigenvalue weighted by Crippen LogP contribution is 2.19. The molecule has 19 heavy (non-hydrogen) atoms. The first kappa shape index (κ1) is 16.4. The van der Waals surface area contributed by atoms with Crippen LogP contribution in [0.25, 0.3) is 0 Å². The third-order valence-corrected chi connectivity index (χ3v) is 4.08. The fourth-order valence-corrected chi connectivity index (χ4v) is 2.75. The number of carbonyl (C=O) groups is 1. The number of hydrogen-bond donors (Lipinski definition) is 1. The molecular weight excluding hydrogens is 238 g/mol. The van der Waals surface area contributed by atoms with E-state index in [1.807, 2.05) is 0 Å². The molecule has 0 saturated carbocycles. The van der Waals surface area contributed by atoms with Crippen molar-refractivity contribution < 1.29 is 4.79 Å². The van der Waals surface area contributed by atoms with Gasteiger partial charge in [0.1, 0.15) is 0 Å². The predicted molar refractivity (Wildman–Crippen MR) is 80.0 cm³/mol. The average Bonchev–Trinajstić information content (AvgIpc) is 2.69. The van der Waals surface area contributed by atoms with Crippen LogP contribution in [0.15, 0.2) is 0 Å². The Morgan fingerprint density at radius 1 is 1.26 bits per heavy atom. The van der Waals surface area contributed by atoms with E-state index in [2.05, 4.69) is 49.7 Å². The third-order valence-electron chi connectivity index (χ3n) is 4.08. The monoisotopic (exact) mass is 269 g/mol. The highest BCUT2D eigenvalue weighted by atomic mass is 16.2. The normalized spacial score (nSPS) is 23.9. The minimum Gasteiger partial charge on any atom is -0.325 e. The summed E-state index contributed by atoms with van der Waals surface area (Å²) in [5.74, 6) is 0.658. The minimum absolute atomic E-state index is 0.00764. The van der Waals surface area contributed by atoms with Crippen molar-refractivity contribution in [1.82, 2.24) is 15.1 Å². The third kappa shape index (κ3) is 4.18. The molecule has 0 aliphatic carbocycles. The lowest BCUT2D eigenvalue weighted by atomic mass is 10.1. The lowest BCUT2D eigenvalue weighted by molar-refractivity contribution is -0.131. The molecule has 112 valence electrons. The molecule has 1 fully saturated rings. The zero-order valence-corrected chi connectivity index (χ0v) is 13.3. The summed E-state index contributed by atoms with van der Waals surface area (Å²) in [6.07, 6.45) is 2.39. The van der Waals surface area contributed by atoms with Crippen molar-refractivity contribution in [3.05, 3.63) is 0 Å². The van der Waals surface area contributed by atoms with Crippen molar-refractivity contribution >= 4 is 5.91 Å². The first-order valence-electron chi connectivity index (χ1n) is 7.83. The van der Waals surface area contributed by atoms with Crippen molar-refractivity contribution in [2.45, 2.75) is 59.7 Å². The van der Waals surface area contributed by atoms with Crippen LogP contribution in [-0.4, -0.2) is 54.1 Å². The van der Waals surface area contributed by atoms with Gasteiger partial charge in [-0.25, -0.2) is 0 Å². The van der Waals surface area contributed by atoms with Crippen molar-refractivity contribution in [3.8, 4) is 0 Å². The summed E-state index contributed by atoms with van der Waals surface area (Å²) in [4.78, 5) is 16.9. The maximum atomic E-state index is 12.5. The standard InChI is InChI=1S/C15H31N3O/c1-6-9-13-16-14(12(4)5)15(19)18(13)11-10-17(7-2)8-3/h12-14,16H,6-11H2,1-5H3. The molecule has 1 aliphatic heterocycles. The molecule has 0 bridgehead atoms. The molecule has 1 amide bonds. The number of hydrogen-bond acceptors (Lipinski definition) is 3. The van der Waals surface area contributed by atoms with E-state index in [9.17, 15) is 4.79 Å². The first-order chi connectivity index (χ1) is 9.04. The molecule has 1 heterocycles. The molecule has 2 atom stereocenters. The van der Waals surface area contributed by atoms with E-state index in [1.165, 1.54) is 0 Å². The Morgan fingerprint density at radius 2 is 1.89 bits per heavy atom. The summed E-state index contributed by atoms with van der Waals surface area (Å²) in [6.45, 7) is 14.7. The number of nitrogens with one attached hydrogen (secondary N) is 1. The summed E-state index contributed by atoms with van der Waals surface area (Å²) in [7, 11) is 0. The van der Waals surface area contributed by atoms with E-state index in [4.69, 9.17) is 0 Å². The average molecular weight is 269 g/mol. The summed E-state index contributed by atoms with van der Waals surface area (Å²) >= 11 is 0. The van der Waals surface area contributed by atoms with Crippen LogP contribution in [0, 0.1) is 5.92 Å². The Balaban J connectivity index is 2.63. The molecule has 0 aromatic rings. The summed E-state index contributed by atoms with van der Waals surface area (Å²) in [6, 6.07) is 0.00764. The number of likely N-dealkylation sites (N-methyl/N-ethyl adjacent to an activating group) is 1. The summed E-state index contributed by atoms with van der Waals surface area (Å²) < 4.78 is 0. The SMILES string of the molecule is CCCC1NC(C(C)C)C(=O)N1CCN(CC)CC. The molecule has 4 nitrogen and oxygen atoms in total. The van der Waals surface area contributed by atoms with Crippen LogP contribution in [0.3, 0.4) is 0 Å². The van der Waals surface area contributed by atoms with E-state index in [0.29, 0.717) is 11.8 Å². The van der Waals surface area contributed by atoms with E-state index in [1.54, 1.807) is 0 Å². The number of amides is 1. The molecule has 2 unspecified atom stereocenters. The minimum atomic E-state index is 0.00764. The van der Waals surface area contributed by atoms with Gasteiger partial charge in [0.25, 0.3) is 0 Å². The van der Waals surface area contributed by atoms with Gasteiger partial charge in [-0.2, -0.15) is 0 Å². The van der Waals surface area contributed by atoms with E-state index >= 15 is 0 Å². The fourth-order valence-electron chi connectivity index (χ4n) is 2.75. The van der Waals surface area contributed by atoms with Crippen molar-refractivity contribution in [1.29, 1.82) is 0 Å². The smallest absolute Gasteiger partial charge is 0.241 e. The number of nitrogens with zero attached hydrogens (tertiary/aromatic N) is 2. The van der Waals surface area contributed by atoms with Gasteiger partial charge >= 0.3 is 0 Å². The van der Waals surface area contributed by atoms with Gasteiger partial charge in [-0.1, -0.05) is 41.0 Å². The van der Waals surface area contributed by atoms with Crippen LogP contribution < -0.4 is 5.32 Å². The number of rotatable bonds is 8. The van der Waals surface area contributed by atoms with Gasteiger partial charge in [0.2, 0.25) is 5.91 Å². The lowest BCUT2D eigenvalue weighted by Gasteiger charge is -2.27. The maximum absolute atomic E-state index is 12.5. The Bertz CT molecular complexity index is 277. The topological polar surface area (TPSA) is 35.6 Å². The zero-order valence-electron chi connectivity index (χ0n) is 13.3. The van der Waals surface area contributed by atoms with Gasteiger partial charge in [-0.3, -0.25) is 10.1 Å². The highest BCUT2D eigenvalue weighted by Gasteiger charge is 2.39. The van der Waals surface area contributed by atoms with E-state index in [0.717, 1.165) is 39.0 Å². The van der Waals surface area contributed by atoms with Gasteiger partial charge in [0.15, 0.2) is 0 Å². The second-order valence-electron chi connectivity index (χ2n) is 5.75. The first-order valence-corrected chi connectivity index (χ1v) is 7.83. The second-order valence-corrected chi connectivity index (χ2v) is 5.75. The molecule has 0 radical (unpaired) electrons. The largest absolute Gasteiger partial charge is 0.325 e. The van der Waals surface area contributed by atoms with Gasteiger partial charge in [0, 0.05) is 13.1 Å². The van der Waals surface area contributed by atoms with Crippen LogP contribution in [0.5, 0.6) is 0 Å². The molecule has 1 N–H and O–H groups in total. The van der Waals surface area contributed by atoms with Gasteiger partial charge in [-0.15, -0.1) is 0 Å². The van der Waals surface area contributed by atoms with Crippen molar-refractivity contribution in [2.24, 2.45) is 5.92 Å². The lowest BCUT2D eigenvalue weighted by Crippen LogP contribution is -2.42. The molecular formula is C15H31N3O. The van der Waals surface area contributed by atoms with Crippen LogP contribution in [0.2, 0.25) is 0 Å². The summed E-state index contributed by atoms with van der Waals surface area (Å²) in [5, 5.41) is 3.51. The molecule has 1 rings (SSSR count). The predicted octanol–water partition coefficient (Wildman–Crippen LogP) is 1.91. The van der Waals surface area contributed by atoms with E-state index < -0.39 is 0 Å². The van der Waals surface area contributed by atoms with Gasteiger partial charge < -0.3 is 9.80 Å². The molecule has 4 heteroatoms. The van der Waals surface area contributed by atoms with E-state index in [-0.39, 0.29) is 12.2 Å². The second kappa shape index (κ2) is 7.85. The molecule has 0 aromatic heterocycles.